The number of aliphatic hydroxyl groups is 9. The Labute approximate surface area is 654 Å². The Morgan fingerprint density at radius 3 is 1.17 bits per heavy atom. The van der Waals surface area contributed by atoms with E-state index in [0.29, 0.717) is 138 Å². The molecule has 18 atom stereocenters. The number of aliphatic hydroxyl groups excluding tert-OH is 9. The molecule has 0 aliphatic carbocycles. The Morgan fingerprint density at radius 2 is 0.798 bits per heavy atom. The summed E-state index contributed by atoms with van der Waals surface area (Å²) in [4.78, 5) is 33.3. The fourth-order valence-electron chi connectivity index (χ4n) is 10.6. The highest BCUT2D eigenvalue weighted by atomic mass is 32.7. The summed E-state index contributed by atoms with van der Waals surface area (Å²) in [5.41, 5.74) is -0.942. The second-order valence-electron chi connectivity index (χ2n) is 25.7. The maximum absolute atomic E-state index is 13.7. The van der Waals surface area contributed by atoms with Crippen molar-refractivity contribution in [3.63, 3.8) is 0 Å². The highest BCUT2D eigenvalue weighted by Crippen LogP contribution is 2.62. The van der Waals surface area contributed by atoms with Crippen molar-refractivity contribution in [2.24, 2.45) is 5.41 Å². The molecule has 12 N–H and O–H groups in total. The largest absolute Gasteiger partial charge is 0.415 e. The van der Waals surface area contributed by atoms with E-state index in [1.807, 2.05) is 0 Å². The van der Waals surface area contributed by atoms with Crippen LogP contribution in [0.15, 0.2) is 0 Å². The number of amides is 2. The number of hydrogen-bond acceptors (Lipinski definition) is 38. The molecular formula is C64H128N2O36P4S3. The molecule has 2 aliphatic heterocycles. The first kappa shape index (κ1) is 105. The van der Waals surface area contributed by atoms with Gasteiger partial charge in [0, 0.05) is 53.5 Å². The van der Waals surface area contributed by atoms with Crippen LogP contribution >= 0.6 is 63.6 Å². The molecule has 2 rings (SSSR count). The quantitative estimate of drug-likeness (QED) is 0.0146. The minimum Gasteiger partial charge on any atom is -0.394 e. The molecule has 2 fully saturated rings. The Hall–Kier alpha value is -0.290. The number of ether oxygens (including phenoxy) is 10. The van der Waals surface area contributed by atoms with Gasteiger partial charge < -0.3 is 130 Å². The third-order valence-electron chi connectivity index (χ3n) is 16.3. The topological polar surface area (TPSA) is 513 Å². The van der Waals surface area contributed by atoms with Gasteiger partial charge in [-0.3, -0.25) is 36.8 Å². The second-order valence-corrected chi connectivity index (χ2v) is 37.7. The summed E-state index contributed by atoms with van der Waals surface area (Å²) in [6.45, 7) is -8.82. The monoisotopic (exact) mass is 1720 g/mol. The Morgan fingerprint density at radius 1 is 0.468 bits per heavy atom. The van der Waals surface area contributed by atoms with Crippen LogP contribution in [0.1, 0.15) is 156 Å². The van der Waals surface area contributed by atoms with E-state index in [1.54, 1.807) is 0 Å². The van der Waals surface area contributed by atoms with Gasteiger partial charge in [-0.25, -0.2) is 13.7 Å². The van der Waals surface area contributed by atoms with Gasteiger partial charge in [-0.05, 0) is 77.6 Å². The average molecular weight is 1720 g/mol. The van der Waals surface area contributed by atoms with Crippen molar-refractivity contribution in [3.05, 3.63) is 0 Å². The lowest BCUT2D eigenvalue weighted by Crippen LogP contribution is -2.64. The molecule has 2 amide bonds. The van der Waals surface area contributed by atoms with Gasteiger partial charge in [0.1, 0.15) is 89.8 Å². The summed E-state index contributed by atoms with van der Waals surface area (Å²) in [6, 6.07) is -2.10. The van der Waals surface area contributed by atoms with E-state index < -0.39 is 146 Å². The molecule has 0 saturated carbocycles. The van der Waals surface area contributed by atoms with Crippen LogP contribution in [0, 0.1) is 5.41 Å². The first-order chi connectivity index (χ1) is 52.3. The highest BCUT2D eigenvalue weighted by molar-refractivity contribution is 8.53. The van der Waals surface area contributed by atoms with E-state index in [-0.39, 0.29) is 125 Å². The van der Waals surface area contributed by atoms with E-state index >= 15 is 0 Å². The van der Waals surface area contributed by atoms with Gasteiger partial charge in [-0.15, -0.1) is 0 Å². The van der Waals surface area contributed by atoms with Crippen molar-refractivity contribution in [2.75, 3.05) is 160 Å². The van der Waals surface area contributed by atoms with Gasteiger partial charge in [0.2, 0.25) is 11.8 Å². The molecule has 45 heteroatoms. The van der Waals surface area contributed by atoms with Crippen LogP contribution in [0.5, 0.6) is 0 Å². The van der Waals surface area contributed by atoms with E-state index in [2.05, 4.69) is 14.8 Å². The predicted octanol–water partition coefficient (Wildman–Crippen LogP) is 5.91. The van der Waals surface area contributed by atoms with Crippen molar-refractivity contribution in [1.29, 1.82) is 0 Å². The predicted molar refractivity (Wildman–Crippen MR) is 400 cm³/mol. The zero-order valence-corrected chi connectivity index (χ0v) is 70.0. The molecule has 0 bridgehead atoms. The lowest BCUT2D eigenvalue weighted by molar-refractivity contribution is -0.295. The van der Waals surface area contributed by atoms with Gasteiger partial charge in [-0.2, -0.15) is 0 Å². The van der Waals surface area contributed by atoms with E-state index in [1.165, 1.54) is 42.1 Å². The van der Waals surface area contributed by atoms with Crippen LogP contribution in [0.2, 0.25) is 0 Å². The zero-order chi connectivity index (χ0) is 80.6. The number of carbonyl (C=O) groups is 2. The third-order valence-corrected chi connectivity index (χ3v) is 25.2. The normalized spacial score (nSPS) is 23.8. The van der Waals surface area contributed by atoms with E-state index in [0.717, 1.165) is 25.7 Å². The molecule has 2 aliphatic rings. The lowest BCUT2D eigenvalue weighted by Gasteiger charge is -2.42. The number of unbranched alkanes of at least 4 members (excludes halogenated alkanes) is 14. The summed E-state index contributed by atoms with van der Waals surface area (Å²) < 4.78 is 164. The summed E-state index contributed by atoms with van der Waals surface area (Å²) in [5.74, 6) is -0.929. The van der Waals surface area contributed by atoms with Crippen LogP contribution < -0.4 is 10.6 Å². The van der Waals surface area contributed by atoms with Crippen molar-refractivity contribution in [3.8, 4) is 0 Å². The van der Waals surface area contributed by atoms with Crippen LogP contribution in [0.3, 0.4) is 0 Å². The molecule has 2 saturated heterocycles. The van der Waals surface area contributed by atoms with Gasteiger partial charge in [0.05, 0.1) is 132 Å². The molecule has 2 heterocycles. The Kier molecular flexibility index (Phi) is 61.3. The maximum atomic E-state index is 13.7. The minimum absolute atomic E-state index is 0.0328. The summed E-state index contributed by atoms with van der Waals surface area (Å²) in [6.07, 6.45) is 0.596. The first-order valence-electron chi connectivity index (χ1n) is 37.1. The lowest BCUT2D eigenvalue weighted by atomic mass is 9.92. The number of carbonyl (C=O) groups excluding carboxylic acids is 2. The van der Waals surface area contributed by atoms with Crippen molar-refractivity contribution in [2.45, 2.75) is 236 Å². The molecule has 648 valence electrons. The molecule has 0 spiro atoms. The van der Waals surface area contributed by atoms with Gasteiger partial charge in [-0.1, -0.05) is 64.2 Å². The second kappa shape index (κ2) is 63.7. The smallest absolute Gasteiger partial charge is 0.394 e. The standard InChI is InChI=1S/C64H128N2O36P4S3/c1-49(70)52(42-67)102-63(77)92-34-20-13-16-24-39-97-106(82,109-85-6)99-41-27-31-89-48-64(45-86-28-17-9-7-8-10-22-37-95-104(79,80)107-83-4,46-87-29-25-36-94-103(78)93-35-21-14-11-18-32-90-61-55(65-50(2)71)59(75)57(73)53(43-68)100-61)47-88-30-26-40-98-105(81,108-84-5)96-38-23-15-12-19-33-91-62-56(66-51(3)72)60(76)58(74)54(44-69)101-62/h49,52-63,67-70,73-77,103H,7-48H2,1-6H3,(H,65,71)(H,66,72)(H,79,80)/t49-,52?,53?,54?,55?,56?,57?,58?,59?,60?,61?,62?,63-,64?,105?,106?/m1/s1. The first-order valence-corrected chi connectivity index (χ1v) is 47.0. The van der Waals surface area contributed by atoms with Crippen molar-refractivity contribution in [1.82, 2.24) is 10.6 Å². The number of nitrogens with one attached hydrogen (secondary N) is 2. The SMILES string of the molecule is COSP(=O)(O)OCCCCCCCCOCC(COCCCO[PH](=O)OCCCCCCOC1OC(CO)C(O)C(O)C1NC(C)=O)(COCCCOP(=O)(OCCCCCCOC1OC(CO)C(O)C(O)C1NC(C)=O)SOC)COCCCOP(=O)(OCCCCCCO[C@@H](O)OC(CO)[C@@H](C)O)SOC. The summed E-state index contributed by atoms with van der Waals surface area (Å²) in [5, 5.41) is 94.7. The van der Waals surface area contributed by atoms with Crippen molar-refractivity contribution >= 4 is 75.4 Å². The molecule has 109 heavy (non-hydrogen) atoms. The van der Waals surface area contributed by atoms with Gasteiger partial charge in [0.15, 0.2) is 12.6 Å². The molecule has 0 aromatic rings. The van der Waals surface area contributed by atoms with Crippen LogP contribution in [-0.4, -0.2) is 303 Å². The molecule has 38 nitrogen and oxygen atoms in total. The van der Waals surface area contributed by atoms with E-state index in [9.17, 15) is 78.7 Å². The third kappa shape index (κ3) is 49.0. The summed E-state index contributed by atoms with van der Waals surface area (Å²) >= 11 is 1.54. The van der Waals surface area contributed by atoms with Gasteiger partial charge >= 0.3 is 28.6 Å². The number of rotatable bonds is 74. The average Bonchev–Trinajstić information content (AvgIpc) is 0.813. The maximum Gasteiger partial charge on any atom is 0.415 e. The molecule has 16 unspecified atom stereocenters. The fraction of sp³-hybridized carbons (Fsp3) is 0.969. The fourth-order valence-corrected chi connectivity index (χ4v) is 17.4. The van der Waals surface area contributed by atoms with Crippen LogP contribution in [0.25, 0.3) is 0 Å². The van der Waals surface area contributed by atoms with Crippen LogP contribution in [0.4, 0.5) is 0 Å². The highest BCUT2D eigenvalue weighted by Gasteiger charge is 2.47. The minimum atomic E-state index is -3.87. The van der Waals surface area contributed by atoms with Gasteiger partial charge in [0.25, 0.3) is 6.48 Å². The zero-order valence-electron chi connectivity index (χ0n) is 63.9. The molecule has 0 aromatic carbocycles. The van der Waals surface area contributed by atoms with E-state index in [4.69, 9.17) is 87.4 Å². The molecular weight excluding hydrogens is 1590 g/mol. The Balaban J connectivity index is 2.08. The molecule has 0 radical (unpaired) electrons. The molecule has 0 aromatic heterocycles. The van der Waals surface area contributed by atoms with Crippen molar-refractivity contribution < 1.29 is 170 Å². The number of hydrogen-bond donors (Lipinski definition) is 12. The Bertz CT molecular complexity index is 2460. The van der Waals surface area contributed by atoms with Crippen LogP contribution in [-0.2, 0) is 119 Å². The summed E-state index contributed by atoms with van der Waals surface area (Å²) in [7, 11) is 1.10.